The number of nitrogens with one attached hydrogen (secondary N) is 1. The molecule has 0 saturated heterocycles. The van der Waals surface area contributed by atoms with Gasteiger partial charge in [0.2, 0.25) is 5.91 Å². The van der Waals surface area contributed by atoms with Crippen molar-refractivity contribution in [1.82, 2.24) is 5.32 Å². The Balaban J connectivity index is 4.29. The third-order valence-electron chi connectivity index (χ3n) is 2.03. The van der Waals surface area contributed by atoms with E-state index in [9.17, 15) is 22.4 Å². The van der Waals surface area contributed by atoms with Gasteiger partial charge in [-0.2, -0.15) is 8.78 Å². The monoisotopic (exact) mass is 244 g/mol. The zero-order valence-corrected chi connectivity index (χ0v) is 9.36. The lowest BCUT2D eigenvalue weighted by molar-refractivity contribution is -0.138. The maximum absolute atomic E-state index is 12.5. The second-order valence-corrected chi connectivity index (χ2v) is 4.62. The quantitative estimate of drug-likeness (QED) is 0.734. The lowest BCUT2D eigenvalue weighted by Crippen LogP contribution is -2.52. The summed E-state index contributed by atoms with van der Waals surface area (Å²) in [5.74, 6) is -5.10. The molecule has 7 heteroatoms. The van der Waals surface area contributed by atoms with Crippen LogP contribution < -0.4 is 11.1 Å². The summed E-state index contributed by atoms with van der Waals surface area (Å²) in [6.07, 6.45) is -3.81. The fourth-order valence-electron chi connectivity index (χ4n) is 0.785. The molecule has 96 valence electrons. The Morgan fingerprint density at radius 1 is 1.31 bits per heavy atom. The van der Waals surface area contributed by atoms with Crippen molar-refractivity contribution < 1.29 is 22.4 Å². The van der Waals surface area contributed by atoms with Gasteiger partial charge in [-0.1, -0.05) is 20.8 Å². The molecule has 3 nitrogen and oxygen atoms in total. The van der Waals surface area contributed by atoms with Gasteiger partial charge in [0, 0.05) is 0 Å². The summed E-state index contributed by atoms with van der Waals surface area (Å²) < 4.78 is 48.5. The number of rotatable bonds is 4. The van der Waals surface area contributed by atoms with Gasteiger partial charge in [0.15, 0.2) is 0 Å². The Bertz CT molecular complexity index is 250. The maximum Gasteiger partial charge on any atom is 0.324 e. The van der Waals surface area contributed by atoms with Crippen LogP contribution in [-0.4, -0.2) is 30.8 Å². The summed E-state index contributed by atoms with van der Waals surface area (Å²) in [5, 5.41) is 1.72. The van der Waals surface area contributed by atoms with Gasteiger partial charge in [-0.05, 0) is 5.41 Å². The second-order valence-electron chi connectivity index (χ2n) is 4.62. The van der Waals surface area contributed by atoms with Crippen LogP contribution in [-0.2, 0) is 4.79 Å². The van der Waals surface area contributed by atoms with Gasteiger partial charge in [0.25, 0.3) is 0 Å². The van der Waals surface area contributed by atoms with Crippen LogP contribution in [0.1, 0.15) is 20.8 Å². The van der Waals surface area contributed by atoms with Crippen LogP contribution in [0.15, 0.2) is 0 Å². The van der Waals surface area contributed by atoms with Crippen LogP contribution >= 0.6 is 0 Å². The highest BCUT2D eigenvalue weighted by Crippen LogP contribution is 2.22. The molecule has 3 N–H and O–H groups in total. The van der Waals surface area contributed by atoms with Crippen molar-refractivity contribution in [2.45, 2.75) is 39.2 Å². The fourth-order valence-corrected chi connectivity index (χ4v) is 0.785. The third-order valence-corrected chi connectivity index (χ3v) is 2.03. The topological polar surface area (TPSA) is 55.1 Å². The highest BCUT2D eigenvalue weighted by Gasteiger charge is 2.41. The predicted octanol–water partition coefficient (Wildman–Crippen LogP) is 1.38. The first kappa shape index (κ1) is 15.2. The van der Waals surface area contributed by atoms with Crippen molar-refractivity contribution in [2.24, 2.45) is 11.1 Å². The van der Waals surface area contributed by atoms with Crippen LogP contribution in [0.3, 0.4) is 0 Å². The number of carbonyl (C=O) groups excluding carboxylic acids is 1. The summed E-state index contributed by atoms with van der Waals surface area (Å²) in [6.45, 7) is 3.51. The Morgan fingerprint density at radius 3 is 2.06 bits per heavy atom. The number of hydrogen-bond donors (Lipinski definition) is 2. The summed E-state index contributed by atoms with van der Waals surface area (Å²) in [5.41, 5.74) is 4.83. The van der Waals surface area contributed by atoms with Gasteiger partial charge in [-0.3, -0.25) is 4.79 Å². The van der Waals surface area contributed by atoms with Crippen molar-refractivity contribution in [2.75, 3.05) is 6.54 Å². The summed E-state index contributed by atoms with van der Waals surface area (Å²) in [7, 11) is 0. The van der Waals surface area contributed by atoms with Crippen molar-refractivity contribution in [1.29, 1.82) is 0 Å². The number of hydrogen-bond acceptors (Lipinski definition) is 2. The molecule has 0 radical (unpaired) electrons. The Morgan fingerprint density at radius 2 is 1.75 bits per heavy atom. The summed E-state index contributed by atoms with van der Waals surface area (Å²) in [4.78, 5) is 11.2. The van der Waals surface area contributed by atoms with E-state index in [0.717, 1.165) is 0 Å². The largest absolute Gasteiger partial charge is 0.348 e. The van der Waals surface area contributed by atoms with Crippen LogP contribution in [0.4, 0.5) is 17.6 Å². The zero-order chi connectivity index (χ0) is 13.1. The second kappa shape index (κ2) is 4.99. The Kier molecular flexibility index (Phi) is 4.72. The number of carbonyl (C=O) groups is 1. The molecule has 0 aromatic carbocycles. The first-order chi connectivity index (χ1) is 6.98. The minimum atomic E-state index is -4.23. The van der Waals surface area contributed by atoms with Gasteiger partial charge in [0.1, 0.15) is 0 Å². The van der Waals surface area contributed by atoms with E-state index in [0.29, 0.717) is 0 Å². The molecule has 0 aliphatic rings. The SMILES string of the molecule is CC(C)(C)C(N)C(=O)NCC(F)(F)C(F)F. The molecule has 0 aromatic rings. The van der Waals surface area contributed by atoms with Crippen LogP contribution in [0, 0.1) is 5.41 Å². The fraction of sp³-hybridized carbons (Fsp3) is 0.889. The molecular formula is C9H16F4N2O. The van der Waals surface area contributed by atoms with Crippen molar-refractivity contribution in [3.63, 3.8) is 0 Å². The molecule has 0 aliphatic carbocycles. The number of alkyl halides is 4. The van der Waals surface area contributed by atoms with Gasteiger partial charge < -0.3 is 11.1 Å². The number of amides is 1. The molecule has 1 unspecified atom stereocenters. The minimum Gasteiger partial charge on any atom is -0.348 e. The zero-order valence-electron chi connectivity index (χ0n) is 9.36. The maximum atomic E-state index is 12.5. The average molecular weight is 244 g/mol. The average Bonchev–Trinajstić information content (AvgIpc) is 2.11. The van der Waals surface area contributed by atoms with E-state index < -0.39 is 36.3 Å². The smallest absolute Gasteiger partial charge is 0.324 e. The molecule has 0 bridgehead atoms. The van der Waals surface area contributed by atoms with Crippen molar-refractivity contribution in [3.05, 3.63) is 0 Å². The molecule has 0 aromatic heterocycles. The van der Waals surface area contributed by atoms with E-state index in [1.54, 1.807) is 26.1 Å². The van der Waals surface area contributed by atoms with E-state index in [4.69, 9.17) is 5.73 Å². The molecule has 0 spiro atoms. The number of nitrogens with two attached hydrogens (primary N) is 1. The lowest BCUT2D eigenvalue weighted by Gasteiger charge is -2.26. The Labute approximate surface area is 91.4 Å². The first-order valence-corrected chi connectivity index (χ1v) is 4.67. The van der Waals surface area contributed by atoms with E-state index in [1.165, 1.54) is 0 Å². The van der Waals surface area contributed by atoms with Gasteiger partial charge in [-0.15, -0.1) is 0 Å². The van der Waals surface area contributed by atoms with Gasteiger partial charge in [0.05, 0.1) is 12.6 Å². The Hall–Kier alpha value is -0.850. The molecule has 1 atom stereocenters. The molecular weight excluding hydrogens is 228 g/mol. The molecule has 1 amide bonds. The molecule has 16 heavy (non-hydrogen) atoms. The van der Waals surface area contributed by atoms with Gasteiger partial charge in [-0.25, -0.2) is 8.78 Å². The molecule has 0 rings (SSSR count). The lowest BCUT2D eigenvalue weighted by atomic mass is 9.87. The molecule has 0 saturated carbocycles. The first-order valence-electron chi connectivity index (χ1n) is 4.67. The van der Waals surface area contributed by atoms with Gasteiger partial charge >= 0.3 is 12.3 Å². The number of halogens is 4. The van der Waals surface area contributed by atoms with Crippen LogP contribution in [0.2, 0.25) is 0 Å². The van der Waals surface area contributed by atoms with Crippen molar-refractivity contribution >= 4 is 5.91 Å². The summed E-state index contributed by atoms with van der Waals surface area (Å²) >= 11 is 0. The standard InChI is InChI=1S/C9H16F4N2O/c1-8(2,3)5(14)6(16)15-4-9(12,13)7(10)11/h5,7H,4,14H2,1-3H3,(H,15,16). The van der Waals surface area contributed by atoms with E-state index >= 15 is 0 Å². The van der Waals surface area contributed by atoms with E-state index in [2.05, 4.69) is 0 Å². The van der Waals surface area contributed by atoms with Crippen LogP contribution in [0.25, 0.3) is 0 Å². The normalized spacial score (nSPS) is 15.1. The minimum absolute atomic E-state index is 0.621. The highest BCUT2D eigenvalue weighted by atomic mass is 19.3. The predicted molar refractivity (Wildman–Crippen MR) is 51.4 cm³/mol. The molecule has 0 aliphatic heterocycles. The van der Waals surface area contributed by atoms with E-state index in [1.807, 2.05) is 0 Å². The van der Waals surface area contributed by atoms with E-state index in [-0.39, 0.29) is 0 Å². The highest BCUT2D eigenvalue weighted by molar-refractivity contribution is 5.82. The van der Waals surface area contributed by atoms with Crippen molar-refractivity contribution in [3.8, 4) is 0 Å². The molecule has 0 heterocycles. The molecule has 0 fully saturated rings. The van der Waals surface area contributed by atoms with Crippen LogP contribution in [0.5, 0.6) is 0 Å². The third kappa shape index (κ3) is 4.34. The summed E-state index contributed by atoms with van der Waals surface area (Å²) in [6, 6.07) is -1.03.